The van der Waals surface area contributed by atoms with Gasteiger partial charge in [-0.25, -0.2) is 0 Å². The van der Waals surface area contributed by atoms with Gasteiger partial charge in [-0.15, -0.1) is 0 Å². The van der Waals surface area contributed by atoms with Crippen molar-refractivity contribution in [1.29, 1.82) is 0 Å². The quantitative estimate of drug-likeness (QED) is 0.579. The van der Waals surface area contributed by atoms with Crippen molar-refractivity contribution in [2.75, 3.05) is 20.3 Å². The van der Waals surface area contributed by atoms with Gasteiger partial charge in [0.05, 0.1) is 7.11 Å². The van der Waals surface area contributed by atoms with Crippen molar-refractivity contribution in [3.63, 3.8) is 0 Å². The van der Waals surface area contributed by atoms with Gasteiger partial charge in [0, 0.05) is 23.2 Å². The van der Waals surface area contributed by atoms with E-state index in [9.17, 15) is 0 Å². The highest BCUT2D eigenvalue weighted by molar-refractivity contribution is 6.30. The fraction of sp³-hybridized carbons (Fsp3) is 0.429. The minimum Gasteiger partial charge on any atom is -0.493 e. The molecule has 0 saturated carbocycles. The van der Waals surface area contributed by atoms with E-state index in [1.54, 1.807) is 19.3 Å². The molecule has 0 aromatic heterocycles. The Morgan fingerprint density at radius 1 is 1.44 bits per heavy atom. The van der Waals surface area contributed by atoms with Crippen LogP contribution in [0.4, 0.5) is 0 Å². The van der Waals surface area contributed by atoms with Crippen molar-refractivity contribution in [2.24, 2.45) is 0 Å². The first kappa shape index (κ1) is 14.9. The van der Waals surface area contributed by atoms with Crippen molar-refractivity contribution < 1.29 is 9.47 Å². The van der Waals surface area contributed by atoms with Crippen molar-refractivity contribution in [3.8, 4) is 11.5 Å². The Balaban J connectivity index is 2.94. The van der Waals surface area contributed by atoms with Crippen molar-refractivity contribution in [1.82, 2.24) is 5.32 Å². The van der Waals surface area contributed by atoms with Crippen molar-refractivity contribution >= 4 is 11.6 Å². The molecule has 1 aromatic carbocycles. The van der Waals surface area contributed by atoms with Crippen LogP contribution in [0.2, 0.25) is 5.02 Å². The van der Waals surface area contributed by atoms with Crippen LogP contribution in [0.15, 0.2) is 24.8 Å². The van der Waals surface area contributed by atoms with Gasteiger partial charge in [0.1, 0.15) is 6.61 Å². The molecule has 0 aliphatic rings. The predicted octanol–water partition coefficient (Wildman–Crippen LogP) is 3.41. The molecule has 100 valence electrons. The molecule has 0 atom stereocenters. The Kier molecular flexibility index (Phi) is 6.61. The number of hydrogen-bond donors (Lipinski definition) is 1. The topological polar surface area (TPSA) is 30.5 Å². The molecule has 0 heterocycles. The molecule has 3 nitrogen and oxygen atoms in total. The van der Waals surface area contributed by atoms with Gasteiger partial charge < -0.3 is 14.8 Å². The summed E-state index contributed by atoms with van der Waals surface area (Å²) < 4.78 is 11.0. The lowest BCUT2D eigenvalue weighted by molar-refractivity contribution is 0.322. The highest BCUT2D eigenvalue weighted by atomic mass is 35.5. The SMILES string of the molecule is C=CCOc1c(CNCCC)cc(Cl)cc1OC. The van der Waals surface area contributed by atoms with Crippen LogP contribution in [0.3, 0.4) is 0 Å². The minimum absolute atomic E-state index is 0.443. The third kappa shape index (κ3) is 4.24. The fourth-order valence-electron chi connectivity index (χ4n) is 1.61. The minimum atomic E-state index is 0.443. The van der Waals surface area contributed by atoms with Gasteiger partial charge in [-0.2, -0.15) is 0 Å². The lowest BCUT2D eigenvalue weighted by Crippen LogP contribution is -2.15. The monoisotopic (exact) mass is 269 g/mol. The first-order valence-corrected chi connectivity index (χ1v) is 6.41. The summed E-state index contributed by atoms with van der Waals surface area (Å²) in [7, 11) is 1.61. The maximum Gasteiger partial charge on any atom is 0.166 e. The van der Waals surface area contributed by atoms with Gasteiger partial charge in [0.2, 0.25) is 0 Å². The predicted molar refractivity (Wildman–Crippen MR) is 75.7 cm³/mol. The Labute approximate surface area is 114 Å². The Bertz CT molecular complexity index is 394. The molecule has 0 unspecified atom stereocenters. The first-order valence-electron chi connectivity index (χ1n) is 6.03. The van der Waals surface area contributed by atoms with Crippen LogP contribution in [0.25, 0.3) is 0 Å². The zero-order valence-corrected chi connectivity index (χ0v) is 11.7. The molecule has 0 amide bonds. The van der Waals surface area contributed by atoms with Gasteiger partial charge in [-0.1, -0.05) is 31.2 Å². The summed E-state index contributed by atoms with van der Waals surface area (Å²) in [5, 5.41) is 3.97. The van der Waals surface area contributed by atoms with Crippen LogP contribution >= 0.6 is 11.6 Å². The van der Waals surface area contributed by atoms with Gasteiger partial charge >= 0.3 is 0 Å². The third-order valence-electron chi connectivity index (χ3n) is 2.40. The molecule has 1 aromatic rings. The van der Waals surface area contributed by atoms with Crippen molar-refractivity contribution in [3.05, 3.63) is 35.4 Å². The highest BCUT2D eigenvalue weighted by Gasteiger charge is 2.12. The van der Waals surface area contributed by atoms with Crippen LogP contribution < -0.4 is 14.8 Å². The molecule has 4 heteroatoms. The van der Waals surface area contributed by atoms with E-state index in [1.165, 1.54) is 0 Å². The smallest absolute Gasteiger partial charge is 0.166 e. The lowest BCUT2D eigenvalue weighted by atomic mass is 10.1. The standard InChI is InChI=1S/C14H20ClNO2/c1-4-6-16-10-11-8-12(15)9-13(17-3)14(11)18-7-5-2/h5,8-9,16H,2,4,6-7,10H2,1,3H3. The Morgan fingerprint density at radius 2 is 2.22 bits per heavy atom. The molecular weight excluding hydrogens is 250 g/mol. The summed E-state index contributed by atoms with van der Waals surface area (Å²) in [5.41, 5.74) is 0.995. The number of halogens is 1. The maximum absolute atomic E-state index is 6.06. The largest absolute Gasteiger partial charge is 0.493 e. The number of ether oxygens (including phenoxy) is 2. The number of nitrogens with one attached hydrogen (secondary N) is 1. The molecule has 1 N–H and O–H groups in total. The molecule has 0 spiro atoms. The number of methoxy groups -OCH3 is 1. The third-order valence-corrected chi connectivity index (χ3v) is 2.62. The molecule has 18 heavy (non-hydrogen) atoms. The van der Waals surface area contributed by atoms with Crippen LogP contribution in [0, 0.1) is 0 Å². The summed E-state index contributed by atoms with van der Waals surface area (Å²) in [6.45, 7) is 7.87. The number of hydrogen-bond acceptors (Lipinski definition) is 3. The van der Waals surface area contributed by atoms with Crippen LogP contribution in [-0.2, 0) is 6.54 Å². The van der Waals surface area contributed by atoms with Crippen LogP contribution in [0.5, 0.6) is 11.5 Å². The molecule has 0 saturated heterocycles. The second kappa shape index (κ2) is 8.01. The van der Waals surface area contributed by atoms with Crippen LogP contribution in [0.1, 0.15) is 18.9 Å². The van der Waals surface area contributed by atoms with E-state index in [-0.39, 0.29) is 0 Å². The van der Waals surface area contributed by atoms with Crippen molar-refractivity contribution in [2.45, 2.75) is 19.9 Å². The van der Waals surface area contributed by atoms with Gasteiger partial charge in [0.25, 0.3) is 0 Å². The van der Waals surface area contributed by atoms with Crippen LogP contribution in [-0.4, -0.2) is 20.3 Å². The number of benzene rings is 1. The van der Waals surface area contributed by atoms with E-state index >= 15 is 0 Å². The zero-order chi connectivity index (χ0) is 13.4. The van der Waals surface area contributed by atoms with E-state index in [1.807, 2.05) is 6.07 Å². The molecule has 0 fully saturated rings. The summed E-state index contributed by atoms with van der Waals surface area (Å²) in [6.07, 6.45) is 2.79. The molecule has 0 aliphatic carbocycles. The fourth-order valence-corrected chi connectivity index (χ4v) is 1.84. The van der Waals surface area contributed by atoms with E-state index < -0.39 is 0 Å². The second-order valence-electron chi connectivity index (χ2n) is 3.87. The maximum atomic E-state index is 6.06. The summed E-state index contributed by atoms with van der Waals surface area (Å²) in [4.78, 5) is 0. The second-order valence-corrected chi connectivity index (χ2v) is 4.31. The van der Waals surface area contributed by atoms with Gasteiger partial charge in [0.15, 0.2) is 11.5 Å². The summed E-state index contributed by atoms with van der Waals surface area (Å²) in [5.74, 6) is 1.38. The molecule has 0 aliphatic heterocycles. The van der Waals surface area contributed by atoms with E-state index in [0.717, 1.165) is 24.3 Å². The average Bonchev–Trinajstić information content (AvgIpc) is 2.37. The first-order chi connectivity index (χ1) is 8.72. The summed E-state index contributed by atoms with van der Waals surface area (Å²) in [6, 6.07) is 3.65. The Morgan fingerprint density at radius 3 is 2.83 bits per heavy atom. The van der Waals surface area contributed by atoms with Gasteiger partial charge in [-0.3, -0.25) is 0 Å². The zero-order valence-electron chi connectivity index (χ0n) is 11.0. The lowest BCUT2D eigenvalue weighted by Gasteiger charge is -2.15. The van der Waals surface area contributed by atoms with E-state index in [2.05, 4.69) is 18.8 Å². The summed E-state index contributed by atoms with van der Waals surface area (Å²) >= 11 is 6.06. The molecule has 0 bridgehead atoms. The normalized spacial score (nSPS) is 10.2. The van der Waals surface area contributed by atoms with E-state index in [4.69, 9.17) is 21.1 Å². The molecule has 1 rings (SSSR count). The van der Waals surface area contributed by atoms with Gasteiger partial charge in [-0.05, 0) is 19.0 Å². The molecular formula is C14H20ClNO2. The average molecular weight is 270 g/mol. The highest BCUT2D eigenvalue weighted by Crippen LogP contribution is 2.34. The van der Waals surface area contributed by atoms with E-state index in [0.29, 0.717) is 23.9 Å². The Hall–Kier alpha value is -1.19. The number of rotatable bonds is 8. The molecule has 0 radical (unpaired) electrons.